The van der Waals surface area contributed by atoms with E-state index in [1.807, 2.05) is 0 Å². The molecule has 34 heavy (non-hydrogen) atoms. The number of unbranched alkanes of at least 4 members (excludes halogenated alkanes) is 14. The molecule has 4 nitrogen and oxygen atoms in total. The van der Waals surface area contributed by atoms with Crippen LogP contribution in [-0.2, 0) is 9.59 Å². The summed E-state index contributed by atoms with van der Waals surface area (Å²) in [5, 5.41) is 0. The average Bonchev–Trinajstić information content (AvgIpc) is 2.80. The zero-order valence-electron chi connectivity index (χ0n) is 23.3. The van der Waals surface area contributed by atoms with Gasteiger partial charge < -0.3 is 11.5 Å². The van der Waals surface area contributed by atoms with Gasteiger partial charge in [0.1, 0.15) is 0 Å². The van der Waals surface area contributed by atoms with Crippen LogP contribution >= 0.6 is 0 Å². The quantitative estimate of drug-likeness (QED) is 0.122. The van der Waals surface area contributed by atoms with Gasteiger partial charge in [-0.3, -0.25) is 9.59 Å². The second-order valence-corrected chi connectivity index (χ2v) is 11.0. The smallest absolute Gasteiger partial charge is 0.220 e. The first-order chi connectivity index (χ1) is 16.4. The Morgan fingerprint density at radius 1 is 0.500 bits per heavy atom. The molecule has 0 aromatic carbocycles. The van der Waals surface area contributed by atoms with Gasteiger partial charge in [-0.15, -0.1) is 0 Å². The molecule has 0 aromatic heterocycles. The van der Waals surface area contributed by atoms with Crippen molar-refractivity contribution in [2.24, 2.45) is 29.2 Å². The molecule has 0 aliphatic heterocycles. The predicted octanol–water partition coefficient (Wildman–Crippen LogP) is 8.45. The Morgan fingerprint density at radius 3 is 1.26 bits per heavy atom. The molecule has 0 aliphatic rings. The molecule has 0 aromatic rings. The number of nitrogens with two attached hydrogens (primary N) is 2. The van der Waals surface area contributed by atoms with Crippen molar-refractivity contribution >= 4 is 11.8 Å². The minimum Gasteiger partial charge on any atom is -0.369 e. The molecule has 0 aliphatic carbocycles. The fraction of sp³-hybridized carbons (Fsp3) is 0.933. The second kappa shape index (κ2) is 23.7. The van der Waals surface area contributed by atoms with Crippen LogP contribution in [0.5, 0.6) is 0 Å². The van der Waals surface area contributed by atoms with Gasteiger partial charge in [-0.05, 0) is 31.6 Å². The van der Waals surface area contributed by atoms with Crippen LogP contribution < -0.4 is 11.5 Å². The zero-order chi connectivity index (χ0) is 25.4. The number of rotatable bonds is 26. The monoisotopic (exact) mass is 480 g/mol. The van der Waals surface area contributed by atoms with Gasteiger partial charge >= 0.3 is 0 Å². The van der Waals surface area contributed by atoms with Crippen molar-refractivity contribution in [1.29, 1.82) is 0 Å². The van der Waals surface area contributed by atoms with Crippen LogP contribution in [0.25, 0.3) is 0 Å². The van der Waals surface area contributed by atoms with Gasteiger partial charge in [0.05, 0.1) is 0 Å². The highest BCUT2D eigenvalue weighted by molar-refractivity contribution is 5.76. The van der Waals surface area contributed by atoms with E-state index in [4.69, 9.17) is 11.5 Å². The van der Waals surface area contributed by atoms with Gasteiger partial charge in [0.25, 0.3) is 0 Å². The molecule has 0 heterocycles. The second-order valence-electron chi connectivity index (χ2n) is 11.0. The van der Waals surface area contributed by atoms with Gasteiger partial charge in [-0.1, -0.05) is 136 Å². The first-order valence-electron chi connectivity index (χ1n) is 15.0. The summed E-state index contributed by atoms with van der Waals surface area (Å²) in [7, 11) is 0. The molecule has 0 radical (unpaired) electrons. The summed E-state index contributed by atoms with van der Waals surface area (Å²) in [4.78, 5) is 23.8. The maximum Gasteiger partial charge on any atom is 0.220 e. The molecule has 3 unspecified atom stereocenters. The van der Waals surface area contributed by atoms with E-state index in [-0.39, 0.29) is 23.7 Å². The van der Waals surface area contributed by atoms with Crippen LogP contribution in [0.15, 0.2) is 0 Å². The predicted molar refractivity (Wildman–Crippen MR) is 147 cm³/mol. The molecular weight excluding hydrogens is 420 g/mol. The lowest BCUT2D eigenvalue weighted by atomic mass is 9.86. The molecule has 0 saturated heterocycles. The van der Waals surface area contributed by atoms with Crippen molar-refractivity contribution in [2.75, 3.05) is 0 Å². The zero-order valence-corrected chi connectivity index (χ0v) is 23.3. The lowest BCUT2D eigenvalue weighted by molar-refractivity contribution is -0.123. The number of carbonyl (C=O) groups is 2. The van der Waals surface area contributed by atoms with E-state index in [0.29, 0.717) is 5.92 Å². The van der Waals surface area contributed by atoms with Crippen LogP contribution in [0.3, 0.4) is 0 Å². The topological polar surface area (TPSA) is 86.2 Å². The summed E-state index contributed by atoms with van der Waals surface area (Å²) in [6, 6.07) is 0. The van der Waals surface area contributed by atoms with E-state index < -0.39 is 0 Å². The third-order valence-corrected chi connectivity index (χ3v) is 7.55. The Morgan fingerprint density at radius 2 is 0.853 bits per heavy atom. The summed E-state index contributed by atoms with van der Waals surface area (Å²) in [5.74, 6) is 0.193. The third kappa shape index (κ3) is 20.3. The molecule has 0 saturated carbocycles. The van der Waals surface area contributed by atoms with Gasteiger partial charge in [0, 0.05) is 11.8 Å². The largest absolute Gasteiger partial charge is 0.369 e. The van der Waals surface area contributed by atoms with Crippen LogP contribution in [-0.4, -0.2) is 11.8 Å². The van der Waals surface area contributed by atoms with Crippen molar-refractivity contribution in [1.82, 2.24) is 0 Å². The van der Waals surface area contributed by atoms with Crippen LogP contribution in [0.2, 0.25) is 0 Å². The summed E-state index contributed by atoms with van der Waals surface area (Å²) < 4.78 is 0. The number of hydrogen-bond acceptors (Lipinski definition) is 2. The van der Waals surface area contributed by atoms with Crippen molar-refractivity contribution in [3.8, 4) is 0 Å². The molecule has 202 valence electrons. The van der Waals surface area contributed by atoms with Crippen LogP contribution in [0.1, 0.15) is 162 Å². The number of primary amides is 2. The molecule has 0 fully saturated rings. The Labute approximate surface area is 212 Å². The highest BCUT2D eigenvalue weighted by Gasteiger charge is 2.20. The Bertz CT molecular complexity index is 480. The summed E-state index contributed by atoms with van der Waals surface area (Å²) in [5.41, 5.74) is 11.4. The van der Waals surface area contributed by atoms with Crippen molar-refractivity contribution in [2.45, 2.75) is 162 Å². The van der Waals surface area contributed by atoms with Crippen LogP contribution in [0, 0.1) is 17.8 Å². The fourth-order valence-corrected chi connectivity index (χ4v) is 5.17. The first-order valence-corrected chi connectivity index (χ1v) is 15.0. The van der Waals surface area contributed by atoms with Gasteiger partial charge in [-0.25, -0.2) is 0 Å². The van der Waals surface area contributed by atoms with Crippen LogP contribution in [0.4, 0.5) is 0 Å². The van der Waals surface area contributed by atoms with Gasteiger partial charge in [0.15, 0.2) is 0 Å². The molecule has 4 heteroatoms. The summed E-state index contributed by atoms with van der Waals surface area (Å²) >= 11 is 0. The minimum atomic E-state index is -0.139. The number of amides is 2. The highest BCUT2D eigenvalue weighted by atomic mass is 16.1. The first kappa shape index (κ1) is 32.9. The SMILES string of the molecule is CCCCCCCCCCC(CCCC(C)CC(CCCCCCCCCC)C(N)=O)C(N)=O. The van der Waals surface area contributed by atoms with E-state index in [2.05, 4.69) is 20.8 Å². The highest BCUT2D eigenvalue weighted by Crippen LogP contribution is 2.25. The molecule has 2 amide bonds. The summed E-state index contributed by atoms with van der Waals surface area (Å²) in [6.45, 7) is 6.72. The van der Waals surface area contributed by atoms with E-state index in [9.17, 15) is 9.59 Å². The van der Waals surface area contributed by atoms with Crippen molar-refractivity contribution < 1.29 is 9.59 Å². The van der Waals surface area contributed by atoms with Crippen molar-refractivity contribution in [3.63, 3.8) is 0 Å². The van der Waals surface area contributed by atoms with Gasteiger partial charge in [0.2, 0.25) is 11.8 Å². The van der Waals surface area contributed by atoms with Gasteiger partial charge in [-0.2, -0.15) is 0 Å². The maximum absolute atomic E-state index is 12.0. The fourth-order valence-electron chi connectivity index (χ4n) is 5.17. The summed E-state index contributed by atoms with van der Waals surface area (Å²) in [6.07, 6.45) is 26.2. The third-order valence-electron chi connectivity index (χ3n) is 7.55. The van der Waals surface area contributed by atoms with E-state index in [1.165, 1.54) is 89.9 Å². The lowest BCUT2D eigenvalue weighted by Crippen LogP contribution is -2.25. The normalized spacial score (nSPS) is 14.1. The average molecular weight is 481 g/mol. The Hall–Kier alpha value is -1.06. The minimum absolute atomic E-state index is 0.000597. The van der Waals surface area contributed by atoms with E-state index >= 15 is 0 Å². The Balaban J connectivity index is 4.00. The van der Waals surface area contributed by atoms with E-state index in [1.54, 1.807) is 0 Å². The number of carbonyl (C=O) groups excluding carboxylic acids is 2. The maximum atomic E-state index is 12.0. The molecule has 0 rings (SSSR count). The molecular formula is C30H60N2O2. The lowest BCUT2D eigenvalue weighted by Gasteiger charge is -2.19. The molecule has 0 bridgehead atoms. The van der Waals surface area contributed by atoms with E-state index in [0.717, 1.165) is 51.4 Å². The van der Waals surface area contributed by atoms with Crippen molar-refractivity contribution in [3.05, 3.63) is 0 Å². The standard InChI is InChI=1S/C30H60N2O2/c1-4-6-8-10-12-14-16-18-22-27(29(31)33)24-20-21-26(3)25-28(30(32)34)23-19-17-15-13-11-9-7-5-2/h26-28H,4-25H2,1-3H3,(H2,31,33)(H2,32,34). The molecule has 4 N–H and O–H groups in total. The molecule has 0 spiro atoms. The Kier molecular flexibility index (Phi) is 22.9. The molecule has 3 atom stereocenters. The number of hydrogen-bond donors (Lipinski definition) is 2.